The summed E-state index contributed by atoms with van der Waals surface area (Å²) < 4.78 is 0. The third-order valence-electron chi connectivity index (χ3n) is 3.65. The average Bonchev–Trinajstić information content (AvgIpc) is 2.43. The quantitative estimate of drug-likeness (QED) is 0.206. The molecule has 0 unspecified atom stereocenters. The third-order valence-corrected chi connectivity index (χ3v) is 3.65. The molecular weight excluding hydrogens is 363 g/mol. The van der Waals surface area contributed by atoms with Crippen LogP contribution >= 0.6 is 0 Å². The Labute approximate surface area is 158 Å². The second kappa shape index (κ2) is 23.5. The molecule has 0 saturated carbocycles. The summed E-state index contributed by atoms with van der Waals surface area (Å²) in [5.74, 6) is -0.664. The fourth-order valence-electron chi connectivity index (χ4n) is 2.35. The van der Waals surface area contributed by atoms with Crippen LogP contribution in [-0.4, -0.2) is 11.1 Å². The van der Waals surface area contributed by atoms with Crippen LogP contribution in [0.1, 0.15) is 96.8 Å². The molecule has 0 rings (SSSR count). The van der Waals surface area contributed by atoms with Gasteiger partial charge in [-0.3, -0.25) is 4.79 Å². The molecule has 0 amide bonds. The summed E-state index contributed by atoms with van der Waals surface area (Å²) in [6.07, 6.45) is 21.2. The van der Waals surface area contributed by atoms with Gasteiger partial charge in [-0.2, -0.15) is 0 Å². The molecule has 0 heterocycles. The standard InChI is InChI=1S/C18H34O2.Co.Fe/c1-2-3-4-5-6-7-8-9-10-11-12-13-14-15-16-17-18(19)20;;/h9-10H,2-8,11-17H2,1H3,(H,19,20);;/b10-9-;;. The van der Waals surface area contributed by atoms with E-state index in [9.17, 15) is 4.79 Å². The topological polar surface area (TPSA) is 37.3 Å². The minimum Gasteiger partial charge on any atom is -0.481 e. The Hall–Kier alpha value is 0.236. The Morgan fingerprint density at radius 3 is 1.64 bits per heavy atom. The summed E-state index contributed by atoms with van der Waals surface area (Å²) in [7, 11) is 0. The van der Waals surface area contributed by atoms with Crippen molar-refractivity contribution < 1.29 is 43.7 Å². The van der Waals surface area contributed by atoms with E-state index in [1.54, 1.807) is 0 Å². The van der Waals surface area contributed by atoms with Crippen molar-refractivity contribution in [1.82, 2.24) is 0 Å². The van der Waals surface area contributed by atoms with E-state index in [1.165, 1.54) is 70.6 Å². The summed E-state index contributed by atoms with van der Waals surface area (Å²) >= 11 is 0. The van der Waals surface area contributed by atoms with Crippen LogP contribution in [0.15, 0.2) is 12.2 Å². The molecule has 2 nitrogen and oxygen atoms in total. The maximum Gasteiger partial charge on any atom is 0.303 e. The van der Waals surface area contributed by atoms with Crippen LogP contribution in [0.2, 0.25) is 0 Å². The molecule has 1 radical (unpaired) electrons. The van der Waals surface area contributed by atoms with Gasteiger partial charge in [-0.15, -0.1) is 0 Å². The Bertz CT molecular complexity index is 245. The number of aliphatic carboxylic acids is 1. The predicted octanol–water partition coefficient (Wildman–Crippen LogP) is 6.10. The van der Waals surface area contributed by atoms with Crippen LogP contribution in [0, 0.1) is 0 Å². The van der Waals surface area contributed by atoms with Gasteiger partial charge in [-0.05, 0) is 32.1 Å². The summed E-state index contributed by atoms with van der Waals surface area (Å²) in [5, 5.41) is 8.51. The molecule has 0 aliphatic carbocycles. The number of allylic oxidation sites excluding steroid dienone is 2. The van der Waals surface area contributed by atoms with Crippen molar-refractivity contribution in [2.45, 2.75) is 96.8 Å². The molecule has 22 heavy (non-hydrogen) atoms. The average molecular weight is 397 g/mol. The number of carboxylic acid groups (broad SMARTS) is 1. The molecule has 0 fully saturated rings. The first-order valence-electron chi connectivity index (χ1n) is 8.64. The molecule has 0 aromatic heterocycles. The molecule has 0 bridgehead atoms. The van der Waals surface area contributed by atoms with Gasteiger partial charge in [0.1, 0.15) is 0 Å². The van der Waals surface area contributed by atoms with Gasteiger partial charge in [0.15, 0.2) is 0 Å². The van der Waals surface area contributed by atoms with Gasteiger partial charge < -0.3 is 5.11 Å². The molecule has 4 heteroatoms. The fourth-order valence-corrected chi connectivity index (χ4v) is 2.35. The molecule has 0 spiro atoms. The van der Waals surface area contributed by atoms with E-state index in [2.05, 4.69) is 19.1 Å². The molecule has 0 aliphatic rings. The molecular formula is C18H34CoFeO2. The Morgan fingerprint density at radius 1 is 0.773 bits per heavy atom. The number of hydrogen-bond acceptors (Lipinski definition) is 1. The van der Waals surface area contributed by atoms with Gasteiger partial charge in [0, 0.05) is 40.3 Å². The summed E-state index contributed by atoms with van der Waals surface area (Å²) in [5.41, 5.74) is 0. The summed E-state index contributed by atoms with van der Waals surface area (Å²) in [4.78, 5) is 10.3. The van der Waals surface area contributed by atoms with Gasteiger partial charge in [0.25, 0.3) is 0 Å². The predicted molar refractivity (Wildman–Crippen MR) is 87.1 cm³/mol. The molecule has 0 atom stereocenters. The fraction of sp³-hybridized carbons (Fsp3) is 0.833. The van der Waals surface area contributed by atoms with Gasteiger partial charge in [-0.25, -0.2) is 0 Å². The first-order valence-corrected chi connectivity index (χ1v) is 8.64. The molecule has 135 valence electrons. The second-order valence-corrected chi connectivity index (χ2v) is 5.73. The Balaban J connectivity index is -0.00000180. The molecule has 0 aromatic rings. The van der Waals surface area contributed by atoms with E-state index in [-0.39, 0.29) is 33.8 Å². The zero-order valence-electron chi connectivity index (χ0n) is 14.1. The number of rotatable bonds is 15. The third kappa shape index (κ3) is 25.2. The van der Waals surface area contributed by atoms with E-state index >= 15 is 0 Å². The van der Waals surface area contributed by atoms with E-state index in [0.717, 1.165) is 12.8 Å². The maximum atomic E-state index is 10.3. The van der Waals surface area contributed by atoms with Gasteiger partial charge in [0.05, 0.1) is 0 Å². The molecule has 0 saturated heterocycles. The number of carboxylic acids is 1. The zero-order valence-corrected chi connectivity index (χ0v) is 16.2. The minimum atomic E-state index is -0.664. The van der Waals surface area contributed by atoms with Crippen molar-refractivity contribution in [3.05, 3.63) is 12.2 Å². The zero-order chi connectivity index (χ0) is 14.9. The SMILES string of the molecule is CCCCCCCC/C=C\CCCCCCCC(=O)O.[Co].[Fe]. The summed E-state index contributed by atoms with van der Waals surface area (Å²) in [6, 6.07) is 0. The molecule has 0 aliphatic heterocycles. The van der Waals surface area contributed by atoms with Gasteiger partial charge in [0.2, 0.25) is 0 Å². The number of hydrogen-bond donors (Lipinski definition) is 1. The first kappa shape index (κ1) is 27.1. The number of unbranched alkanes of at least 4 members (excludes halogenated alkanes) is 11. The van der Waals surface area contributed by atoms with Gasteiger partial charge >= 0.3 is 5.97 Å². The van der Waals surface area contributed by atoms with E-state index < -0.39 is 5.97 Å². The van der Waals surface area contributed by atoms with E-state index in [4.69, 9.17) is 5.11 Å². The largest absolute Gasteiger partial charge is 0.481 e. The van der Waals surface area contributed by atoms with E-state index in [0.29, 0.717) is 6.42 Å². The monoisotopic (exact) mass is 397 g/mol. The normalized spacial score (nSPS) is 10.2. The van der Waals surface area contributed by atoms with Crippen LogP contribution in [0.4, 0.5) is 0 Å². The Morgan fingerprint density at radius 2 is 1.18 bits per heavy atom. The molecule has 0 aromatic carbocycles. The van der Waals surface area contributed by atoms with Crippen molar-refractivity contribution in [2.24, 2.45) is 0 Å². The van der Waals surface area contributed by atoms with Crippen LogP contribution in [0.5, 0.6) is 0 Å². The van der Waals surface area contributed by atoms with Crippen molar-refractivity contribution in [1.29, 1.82) is 0 Å². The second-order valence-electron chi connectivity index (χ2n) is 5.73. The van der Waals surface area contributed by atoms with Crippen molar-refractivity contribution in [3.8, 4) is 0 Å². The van der Waals surface area contributed by atoms with E-state index in [1.807, 2.05) is 0 Å². The summed E-state index contributed by atoms with van der Waals surface area (Å²) in [6.45, 7) is 2.26. The van der Waals surface area contributed by atoms with Crippen LogP contribution in [0.3, 0.4) is 0 Å². The molecule has 1 N–H and O–H groups in total. The number of carbonyl (C=O) groups is 1. The van der Waals surface area contributed by atoms with Crippen LogP contribution in [-0.2, 0) is 38.6 Å². The Kier molecular flexibility index (Phi) is 28.9. The minimum absolute atomic E-state index is 0. The smallest absolute Gasteiger partial charge is 0.303 e. The maximum absolute atomic E-state index is 10.3. The van der Waals surface area contributed by atoms with Crippen LogP contribution in [0.25, 0.3) is 0 Å². The van der Waals surface area contributed by atoms with Crippen molar-refractivity contribution in [3.63, 3.8) is 0 Å². The van der Waals surface area contributed by atoms with Crippen molar-refractivity contribution >= 4 is 5.97 Å². The van der Waals surface area contributed by atoms with Gasteiger partial charge in [-0.1, -0.05) is 70.4 Å². The van der Waals surface area contributed by atoms with Crippen molar-refractivity contribution in [2.75, 3.05) is 0 Å². The first-order chi connectivity index (χ1) is 9.77. The van der Waals surface area contributed by atoms with Crippen LogP contribution < -0.4 is 0 Å².